The molecule has 1 aliphatic heterocycles. The third-order valence-corrected chi connectivity index (χ3v) is 3.92. The monoisotopic (exact) mass is 261 g/mol. The highest BCUT2D eigenvalue weighted by atomic mass is 15.3. The van der Waals surface area contributed by atoms with Crippen LogP contribution in [0.15, 0.2) is 60.8 Å². The molecule has 3 aromatic rings. The van der Waals surface area contributed by atoms with E-state index in [2.05, 4.69) is 70.8 Å². The lowest BCUT2D eigenvalue weighted by molar-refractivity contribution is 0.797. The van der Waals surface area contributed by atoms with Gasteiger partial charge in [0.2, 0.25) is 0 Å². The van der Waals surface area contributed by atoms with Crippen molar-refractivity contribution in [2.24, 2.45) is 0 Å². The normalized spacial score (nSPS) is 17.1. The van der Waals surface area contributed by atoms with Crippen LogP contribution in [0.2, 0.25) is 0 Å². The maximum atomic E-state index is 4.56. The van der Waals surface area contributed by atoms with E-state index < -0.39 is 0 Å². The molecule has 1 aromatic heterocycles. The van der Waals surface area contributed by atoms with Gasteiger partial charge in [0, 0.05) is 24.2 Å². The molecule has 0 saturated carbocycles. The van der Waals surface area contributed by atoms with Crippen molar-refractivity contribution in [3.63, 3.8) is 0 Å². The van der Waals surface area contributed by atoms with Crippen molar-refractivity contribution in [1.29, 1.82) is 0 Å². The van der Waals surface area contributed by atoms with Gasteiger partial charge in [0.15, 0.2) is 0 Å². The molecule has 0 aliphatic carbocycles. The van der Waals surface area contributed by atoms with Crippen LogP contribution in [0.5, 0.6) is 0 Å². The van der Waals surface area contributed by atoms with Gasteiger partial charge in [-0.25, -0.2) is 0 Å². The van der Waals surface area contributed by atoms with E-state index in [0.717, 1.165) is 5.52 Å². The highest BCUT2D eigenvalue weighted by molar-refractivity contribution is 5.85. The van der Waals surface area contributed by atoms with Gasteiger partial charge >= 0.3 is 0 Å². The van der Waals surface area contributed by atoms with Crippen LogP contribution in [0.4, 0.5) is 11.4 Å². The fourth-order valence-electron chi connectivity index (χ4n) is 2.92. The van der Waals surface area contributed by atoms with Crippen LogP contribution < -0.4 is 10.2 Å². The first-order valence-electron chi connectivity index (χ1n) is 6.76. The van der Waals surface area contributed by atoms with E-state index in [1.807, 2.05) is 12.3 Å². The molecule has 0 spiro atoms. The molecule has 3 heteroatoms. The Hall–Kier alpha value is -2.55. The van der Waals surface area contributed by atoms with Crippen LogP contribution in [0.1, 0.15) is 11.7 Å². The van der Waals surface area contributed by atoms with Crippen molar-refractivity contribution < 1.29 is 0 Å². The first-order chi connectivity index (χ1) is 9.84. The predicted octanol–water partition coefficient (Wildman–Crippen LogP) is 3.80. The molecule has 3 nitrogen and oxygen atoms in total. The number of aromatic nitrogens is 1. The minimum atomic E-state index is 0.131. The second-order valence-corrected chi connectivity index (χ2v) is 5.10. The molecule has 0 bridgehead atoms. The van der Waals surface area contributed by atoms with Crippen LogP contribution >= 0.6 is 0 Å². The Bertz CT molecular complexity index is 777. The third-order valence-electron chi connectivity index (χ3n) is 3.92. The van der Waals surface area contributed by atoms with E-state index in [0.29, 0.717) is 0 Å². The number of para-hydroxylation sites is 3. The number of pyridine rings is 1. The zero-order chi connectivity index (χ0) is 13.5. The van der Waals surface area contributed by atoms with Crippen molar-refractivity contribution in [2.75, 3.05) is 17.3 Å². The highest BCUT2D eigenvalue weighted by Crippen LogP contribution is 2.40. The minimum Gasteiger partial charge on any atom is -0.360 e. The fourth-order valence-corrected chi connectivity index (χ4v) is 2.92. The number of nitrogens with one attached hydrogen (secondary N) is 1. The van der Waals surface area contributed by atoms with Gasteiger partial charge in [0.25, 0.3) is 0 Å². The van der Waals surface area contributed by atoms with Crippen molar-refractivity contribution in [3.8, 4) is 0 Å². The molecule has 0 radical (unpaired) electrons. The summed E-state index contributed by atoms with van der Waals surface area (Å²) < 4.78 is 0. The van der Waals surface area contributed by atoms with Gasteiger partial charge < -0.3 is 10.2 Å². The smallest absolute Gasteiger partial charge is 0.127 e. The Kier molecular flexibility index (Phi) is 2.39. The molecule has 2 aromatic carbocycles. The summed E-state index contributed by atoms with van der Waals surface area (Å²) in [5.41, 5.74) is 4.67. The quantitative estimate of drug-likeness (QED) is 0.722. The minimum absolute atomic E-state index is 0.131. The highest BCUT2D eigenvalue weighted by Gasteiger charge is 2.27. The molecular weight excluding hydrogens is 246 g/mol. The number of rotatable bonds is 1. The van der Waals surface area contributed by atoms with E-state index in [1.165, 1.54) is 22.3 Å². The van der Waals surface area contributed by atoms with E-state index in [4.69, 9.17) is 0 Å². The molecule has 1 atom stereocenters. The SMILES string of the molecule is CN1c2ccccc2NC1c1cccc2cccnc12. The molecule has 2 heterocycles. The molecule has 98 valence electrons. The van der Waals surface area contributed by atoms with Crippen LogP contribution in [-0.2, 0) is 0 Å². The summed E-state index contributed by atoms with van der Waals surface area (Å²) >= 11 is 0. The zero-order valence-corrected chi connectivity index (χ0v) is 11.2. The molecule has 20 heavy (non-hydrogen) atoms. The van der Waals surface area contributed by atoms with E-state index in [-0.39, 0.29) is 6.17 Å². The standard InChI is InChI=1S/C17H15N3/c1-20-15-10-3-2-9-14(15)19-17(20)13-8-4-6-12-7-5-11-18-16(12)13/h2-11,17,19H,1H3. The molecule has 4 rings (SSSR count). The average molecular weight is 261 g/mol. The molecule has 0 fully saturated rings. The molecule has 1 aliphatic rings. The van der Waals surface area contributed by atoms with Gasteiger partial charge in [-0.15, -0.1) is 0 Å². The first-order valence-corrected chi connectivity index (χ1v) is 6.76. The number of hydrogen-bond acceptors (Lipinski definition) is 3. The number of anilines is 2. The van der Waals surface area contributed by atoms with Gasteiger partial charge in [-0.1, -0.05) is 36.4 Å². The average Bonchev–Trinajstić information content (AvgIpc) is 2.84. The second-order valence-electron chi connectivity index (χ2n) is 5.10. The van der Waals surface area contributed by atoms with E-state index in [9.17, 15) is 0 Å². The lowest BCUT2D eigenvalue weighted by atomic mass is 10.1. The topological polar surface area (TPSA) is 28.2 Å². The van der Waals surface area contributed by atoms with Gasteiger partial charge in [0.1, 0.15) is 6.17 Å². The van der Waals surface area contributed by atoms with Crippen molar-refractivity contribution in [1.82, 2.24) is 4.98 Å². The second kappa shape index (κ2) is 4.23. The van der Waals surface area contributed by atoms with Gasteiger partial charge in [0.05, 0.1) is 16.9 Å². The summed E-state index contributed by atoms with van der Waals surface area (Å²) in [5.74, 6) is 0. The molecule has 0 saturated heterocycles. The van der Waals surface area contributed by atoms with Gasteiger partial charge in [-0.3, -0.25) is 4.98 Å². The van der Waals surface area contributed by atoms with Crippen LogP contribution in [0.25, 0.3) is 10.9 Å². The number of benzene rings is 2. The number of fused-ring (bicyclic) bond motifs is 2. The van der Waals surface area contributed by atoms with Crippen LogP contribution in [-0.4, -0.2) is 12.0 Å². The fraction of sp³-hybridized carbons (Fsp3) is 0.118. The van der Waals surface area contributed by atoms with E-state index >= 15 is 0 Å². The summed E-state index contributed by atoms with van der Waals surface area (Å²) in [6, 6.07) is 18.8. The summed E-state index contributed by atoms with van der Waals surface area (Å²) in [6.45, 7) is 0. The lowest BCUT2D eigenvalue weighted by Gasteiger charge is -2.23. The third kappa shape index (κ3) is 1.56. The summed E-state index contributed by atoms with van der Waals surface area (Å²) in [5, 5.41) is 4.76. The maximum absolute atomic E-state index is 4.56. The molecule has 1 unspecified atom stereocenters. The lowest BCUT2D eigenvalue weighted by Crippen LogP contribution is -2.23. The predicted molar refractivity (Wildman–Crippen MR) is 83.0 cm³/mol. The Morgan fingerprint density at radius 1 is 1.00 bits per heavy atom. The Morgan fingerprint density at radius 3 is 2.75 bits per heavy atom. The zero-order valence-electron chi connectivity index (χ0n) is 11.2. The van der Waals surface area contributed by atoms with Crippen molar-refractivity contribution >= 4 is 22.3 Å². The number of nitrogens with zero attached hydrogens (tertiary/aromatic N) is 2. The number of hydrogen-bond donors (Lipinski definition) is 1. The largest absolute Gasteiger partial charge is 0.360 e. The Balaban J connectivity index is 1.86. The van der Waals surface area contributed by atoms with Crippen molar-refractivity contribution in [2.45, 2.75) is 6.17 Å². The first kappa shape index (κ1) is 11.3. The van der Waals surface area contributed by atoms with Crippen LogP contribution in [0, 0.1) is 0 Å². The molecule has 1 N–H and O–H groups in total. The van der Waals surface area contributed by atoms with Gasteiger partial charge in [-0.05, 0) is 18.2 Å². The van der Waals surface area contributed by atoms with Crippen molar-refractivity contribution in [3.05, 3.63) is 66.4 Å². The van der Waals surface area contributed by atoms with Crippen LogP contribution in [0.3, 0.4) is 0 Å². The molecular formula is C17H15N3. The summed E-state index contributed by atoms with van der Waals surface area (Å²) in [7, 11) is 2.12. The summed E-state index contributed by atoms with van der Waals surface area (Å²) in [4.78, 5) is 6.82. The van der Waals surface area contributed by atoms with E-state index in [1.54, 1.807) is 0 Å². The summed E-state index contributed by atoms with van der Waals surface area (Å²) in [6.07, 6.45) is 1.99. The Morgan fingerprint density at radius 2 is 1.85 bits per heavy atom. The maximum Gasteiger partial charge on any atom is 0.127 e. The molecule has 0 amide bonds. The Labute approximate surface area is 117 Å². The van der Waals surface area contributed by atoms with Gasteiger partial charge in [-0.2, -0.15) is 0 Å².